The second-order valence-corrected chi connectivity index (χ2v) is 5.79. The maximum atomic E-state index is 12.4. The van der Waals surface area contributed by atoms with Crippen molar-refractivity contribution in [1.82, 2.24) is 4.98 Å². The molecule has 0 aliphatic carbocycles. The van der Waals surface area contributed by atoms with Crippen LogP contribution in [0.15, 0.2) is 90.1 Å². The summed E-state index contributed by atoms with van der Waals surface area (Å²) in [5.41, 5.74) is 4.30. The van der Waals surface area contributed by atoms with Gasteiger partial charge in [-0.05, 0) is 30.3 Å². The first-order chi connectivity index (χ1) is 12.3. The Morgan fingerprint density at radius 1 is 0.800 bits per heavy atom. The molecule has 3 aromatic carbocycles. The highest BCUT2D eigenvalue weighted by Gasteiger charge is 2.07. The fourth-order valence-electron chi connectivity index (χ4n) is 2.80. The molecule has 1 aromatic heterocycles. The van der Waals surface area contributed by atoms with Crippen molar-refractivity contribution in [2.45, 2.75) is 0 Å². The van der Waals surface area contributed by atoms with Crippen LogP contribution in [0.25, 0.3) is 10.9 Å². The summed E-state index contributed by atoms with van der Waals surface area (Å²) in [6, 6.07) is 24.8. The number of benzene rings is 3. The van der Waals surface area contributed by atoms with E-state index in [1.54, 1.807) is 0 Å². The molecule has 0 bridgehead atoms. The van der Waals surface area contributed by atoms with Crippen LogP contribution in [-0.4, -0.2) is 17.0 Å². The summed E-state index contributed by atoms with van der Waals surface area (Å²) in [5.74, 6) is 0.0211. The van der Waals surface area contributed by atoms with Gasteiger partial charge in [0.25, 0.3) is 0 Å². The van der Waals surface area contributed by atoms with Gasteiger partial charge in [-0.1, -0.05) is 48.5 Å². The third-order valence-corrected chi connectivity index (χ3v) is 4.14. The lowest BCUT2D eigenvalue weighted by Crippen LogP contribution is -2.00. The molecule has 0 spiro atoms. The van der Waals surface area contributed by atoms with Crippen molar-refractivity contribution in [3.8, 4) is 0 Å². The summed E-state index contributed by atoms with van der Waals surface area (Å²) in [6.45, 7) is 0. The molecule has 0 atom stereocenters. The number of hydrogen-bond acceptors (Lipinski definition) is 2. The van der Waals surface area contributed by atoms with Crippen molar-refractivity contribution >= 4 is 28.6 Å². The predicted octanol–water partition coefficient (Wildman–Crippen LogP) is 5.15. The number of H-pyrrole nitrogens is 1. The summed E-state index contributed by atoms with van der Waals surface area (Å²) >= 11 is 0. The first-order valence-corrected chi connectivity index (χ1v) is 8.11. The topological polar surface area (TPSA) is 45.2 Å². The fourth-order valence-corrected chi connectivity index (χ4v) is 2.80. The van der Waals surface area contributed by atoms with E-state index < -0.39 is 0 Å². The highest BCUT2D eigenvalue weighted by atomic mass is 16.1. The van der Waals surface area contributed by atoms with E-state index in [2.05, 4.69) is 16.0 Å². The molecule has 3 heteroatoms. The lowest BCUT2D eigenvalue weighted by molar-refractivity contribution is 0.103. The number of aromatic nitrogens is 1. The molecule has 0 aliphatic rings. The normalized spacial score (nSPS) is 11.2. The fraction of sp³-hybridized carbons (Fsp3) is 0. The number of nitrogens with one attached hydrogen (secondary N) is 1. The van der Waals surface area contributed by atoms with E-state index in [-0.39, 0.29) is 5.78 Å². The number of para-hydroxylation sites is 1. The minimum Gasteiger partial charge on any atom is -0.361 e. The quantitative estimate of drug-likeness (QED) is 0.409. The first kappa shape index (κ1) is 15.1. The van der Waals surface area contributed by atoms with E-state index in [0.29, 0.717) is 11.1 Å². The molecule has 1 N–H and O–H groups in total. The molecular weight excluding hydrogens is 308 g/mol. The summed E-state index contributed by atoms with van der Waals surface area (Å²) < 4.78 is 0. The zero-order valence-corrected chi connectivity index (χ0v) is 13.5. The summed E-state index contributed by atoms with van der Waals surface area (Å²) in [5, 5.41) is 1.14. The van der Waals surface area contributed by atoms with Crippen LogP contribution >= 0.6 is 0 Å². The third-order valence-electron chi connectivity index (χ3n) is 4.14. The van der Waals surface area contributed by atoms with E-state index in [4.69, 9.17) is 0 Å². The molecule has 3 nitrogen and oxygen atoms in total. The summed E-state index contributed by atoms with van der Waals surface area (Å²) in [6.07, 6.45) is 3.79. The van der Waals surface area contributed by atoms with Crippen molar-refractivity contribution in [2.75, 3.05) is 0 Å². The number of ketones is 1. The molecule has 4 aromatic rings. The van der Waals surface area contributed by atoms with Crippen LogP contribution in [0.2, 0.25) is 0 Å². The van der Waals surface area contributed by atoms with Crippen LogP contribution in [0, 0.1) is 0 Å². The molecule has 0 radical (unpaired) electrons. The number of carbonyl (C=O) groups excluding carboxylic acids is 1. The number of nitrogens with zero attached hydrogens (tertiary/aromatic N) is 1. The predicted molar refractivity (Wildman–Crippen MR) is 102 cm³/mol. The zero-order chi connectivity index (χ0) is 17.1. The van der Waals surface area contributed by atoms with Gasteiger partial charge in [0.2, 0.25) is 0 Å². The molecule has 0 aliphatic heterocycles. The molecule has 0 saturated carbocycles. The Balaban J connectivity index is 1.55. The molecular formula is C22H16N2O. The van der Waals surface area contributed by atoms with E-state index in [0.717, 1.165) is 22.2 Å². The lowest BCUT2D eigenvalue weighted by atomic mass is 10.0. The van der Waals surface area contributed by atoms with Crippen molar-refractivity contribution in [3.05, 3.63) is 102 Å². The average molecular weight is 324 g/mol. The van der Waals surface area contributed by atoms with Gasteiger partial charge < -0.3 is 4.98 Å². The number of carbonyl (C=O) groups is 1. The largest absolute Gasteiger partial charge is 0.361 e. The molecule has 25 heavy (non-hydrogen) atoms. The maximum Gasteiger partial charge on any atom is 0.193 e. The Kier molecular flexibility index (Phi) is 3.97. The van der Waals surface area contributed by atoms with Gasteiger partial charge >= 0.3 is 0 Å². The van der Waals surface area contributed by atoms with Gasteiger partial charge in [0.05, 0.1) is 5.69 Å². The van der Waals surface area contributed by atoms with E-state index >= 15 is 0 Å². The van der Waals surface area contributed by atoms with E-state index in [9.17, 15) is 4.79 Å². The number of rotatable bonds is 4. The number of aromatic amines is 1. The van der Waals surface area contributed by atoms with Crippen molar-refractivity contribution < 1.29 is 4.79 Å². The summed E-state index contributed by atoms with van der Waals surface area (Å²) in [4.78, 5) is 20.2. The standard InChI is InChI=1S/C22H16N2O/c25-22(16-6-2-1-3-7-16)17-10-12-19(13-11-17)23-14-18-15-24-21-9-5-4-8-20(18)21/h1-15,24H. The Hall–Kier alpha value is -3.46. The second kappa shape index (κ2) is 6.57. The van der Waals surface area contributed by atoms with Gasteiger partial charge in [-0.2, -0.15) is 0 Å². The van der Waals surface area contributed by atoms with Crippen LogP contribution < -0.4 is 0 Å². The SMILES string of the molecule is O=C(c1ccccc1)c1ccc(N=Cc2c[nH]c3ccccc23)cc1. The van der Waals surface area contributed by atoms with E-state index in [1.165, 1.54) is 0 Å². The highest BCUT2D eigenvalue weighted by Crippen LogP contribution is 2.19. The number of hydrogen-bond donors (Lipinski definition) is 1. The minimum absolute atomic E-state index is 0.0211. The Bertz CT molecular complexity index is 1040. The lowest BCUT2D eigenvalue weighted by Gasteiger charge is -2.01. The van der Waals surface area contributed by atoms with Gasteiger partial charge in [0.15, 0.2) is 5.78 Å². The highest BCUT2D eigenvalue weighted by molar-refractivity contribution is 6.09. The monoisotopic (exact) mass is 324 g/mol. The van der Waals surface area contributed by atoms with Crippen molar-refractivity contribution in [1.29, 1.82) is 0 Å². The Labute approximate surface area is 145 Å². The van der Waals surface area contributed by atoms with Gasteiger partial charge in [-0.3, -0.25) is 9.79 Å². The van der Waals surface area contributed by atoms with Crippen molar-refractivity contribution in [3.63, 3.8) is 0 Å². The third kappa shape index (κ3) is 3.12. The zero-order valence-electron chi connectivity index (χ0n) is 13.5. The van der Waals surface area contributed by atoms with Crippen LogP contribution in [-0.2, 0) is 0 Å². The second-order valence-electron chi connectivity index (χ2n) is 5.79. The first-order valence-electron chi connectivity index (χ1n) is 8.11. The van der Waals surface area contributed by atoms with Crippen LogP contribution in [0.5, 0.6) is 0 Å². The Morgan fingerprint density at radius 3 is 2.28 bits per heavy atom. The molecule has 1 heterocycles. The smallest absolute Gasteiger partial charge is 0.193 e. The van der Waals surface area contributed by atoms with Gasteiger partial charge in [-0.15, -0.1) is 0 Å². The van der Waals surface area contributed by atoms with Gasteiger partial charge in [0.1, 0.15) is 0 Å². The number of fused-ring (bicyclic) bond motifs is 1. The maximum absolute atomic E-state index is 12.4. The van der Waals surface area contributed by atoms with Gasteiger partial charge in [0, 0.05) is 40.0 Å². The van der Waals surface area contributed by atoms with Gasteiger partial charge in [-0.25, -0.2) is 0 Å². The molecule has 0 saturated heterocycles. The van der Waals surface area contributed by atoms with Crippen molar-refractivity contribution in [2.24, 2.45) is 4.99 Å². The molecule has 4 rings (SSSR count). The molecule has 0 amide bonds. The average Bonchev–Trinajstić information content (AvgIpc) is 3.10. The van der Waals surface area contributed by atoms with Crippen LogP contribution in [0.4, 0.5) is 5.69 Å². The van der Waals surface area contributed by atoms with E-state index in [1.807, 2.05) is 85.2 Å². The molecule has 0 unspecified atom stereocenters. The Morgan fingerprint density at radius 2 is 1.48 bits per heavy atom. The number of aliphatic imine (C=N–C) groups is 1. The summed E-state index contributed by atoms with van der Waals surface area (Å²) in [7, 11) is 0. The van der Waals surface area contributed by atoms with Crippen LogP contribution in [0.3, 0.4) is 0 Å². The molecule has 120 valence electrons. The minimum atomic E-state index is 0.0211. The molecule has 0 fully saturated rings. The van der Waals surface area contributed by atoms with Crippen LogP contribution in [0.1, 0.15) is 21.5 Å².